The van der Waals surface area contributed by atoms with E-state index in [9.17, 15) is 4.79 Å². The summed E-state index contributed by atoms with van der Waals surface area (Å²) < 4.78 is 10.8. The molecule has 0 spiro atoms. The molecule has 0 unspecified atom stereocenters. The highest BCUT2D eigenvalue weighted by atomic mass is 32.1. The van der Waals surface area contributed by atoms with E-state index in [1.165, 1.54) is 11.5 Å². The lowest BCUT2D eigenvalue weighted by Gasteiger charge is -2.24. The Morgan fingerprint density at radius 1 is 1.34 bits per heavy atom. The summed E-state index contributed by atoms with van der Waals surface area (Å²) in [5.41, 5.74) is 1.35. The van der Waals surface area contributed by atoms with Crippen molar-refractivity contribution < 1.29 is 9.53 Å². The summed E-state index contributed by atoms with van der Waals surface area (Å²) in [4.78, 5) is 23.4. The van der Waals surface area contributed by atoms with Gasteiger partial charge in [-0.2, -0.15) is 9.36 Å². The summed E-state index contributed by atoms with van der Waals surface area (Å²) >= 11 is 2.98. The van der Waals surface area contributed by atoms with Crippen LogP contribution in [0.1, 0.15) is 32.9 Å². The minimum absolute atomic E-state index is 0.112. The fraction of sp³-hybridized carbons (Fsp3) is 0.474. The number of fused-ring (bicyclic) bond motifs is 1. The number of nitrogens with zero attached hydrogens (tertiary/aromatic N) is 4. The molecule has 3 aromatic heterocycles. The van der Waals surface area contributed by atoms with Crippen LogP contribution in [0.2, 0.25) is 0 Å². The standard InChI is InChI=1S/C19H24N6O2S2/c1-11-9-14(29-24-11)22-17-21-13-6-8-28-15(13)16(23-17)20-12-5-7-25(10-12)18(26)27-19(2,3)4/h6,8-9,12H,5,7,10H2,1-4H3,(H2,20,21,22,23)/t12-/m1/s1. The molecule has 0 saturated carbocycles. The fourth-order valence-corrected chi connectivity index (χ4v) is 4.55. The molecule has 10 heteroatoms. The normalized spacial score (nSPS) is 17.0. The number of rotatable bonds is 4. The van der Waals surface area contributed by atoms with Gasteiger partial charge in [-0.25, -0.2) is 9.78 Å². The number of nitrogens with one attached hydrogen (secondary N) is 2. The first kappa shape index (κ1) is 19.8. The quantitative estimate of drug-likeness (QED) is 0.621. The Balaban J connectivity index is 1.49. The monoisotopic (exact) mass is 432 g/mol. The van der Waals surface area contributed by atoms with Crippen molar-refractivity contribution in [1.29, 1.82) is 0 Å². The highest BCUT2D eigenvalue weighted by molar-refractivity contribution is 7.17. The number of aromatic nitrogens is 3. The van der Waals surface area contributed by atoms with Gasteiger partial charge in [-0.05, 0) is 63.2 Å². The molecule has 29 heavy (non-hydrogen) atoms. The number of hydrogen-bond donors (Lipinski definition) is 2. The molecule has 1 saturated heterocycles. The number of ether oxygens (including phenoxy) is 1. The van der Waals surface area contributed by atoms with Crippen molar-refractivity contribution in [3.05, 3.63) is 23.2 Å². The summed E-state index contributed by atoms with van der Waals surface area (Å²) in [6, 6.07) is 4.06. The van der Waals surface area contributed by atoms with E-state index < -0.39 is 5.60 Å². The average Bonchev–Trinajstić information content (AvgIpc) is 3.34. The maximum Gasteiger partial charge on any atom is 0.410 e. The first-order valence-electron chi connectivity index (χ1n) is 9.47. The van der Waals surface area contributed by atoms with Crippen LogP contribution in [0.15, 0.2) is 17.5 Å². The van der Waals surface area contributed by atoms with Crippen LogP contribution in [0.3, 0.4) is 0 Å². The minimum Gasteiger partial charge on any atom is -0.444 e. The highest BCUT2D eigenvalue weighted by Crippen LogP contribution is 2.30. The number of likely N-dealkylation sites (tertiary alicyclic amines) is 1. The minimum atomic E-state index is -0.492. The van der Waals surface area contributed by atoms with E-state index in [0.29, 0.717) is 19.0 Å². The second kappa shape index (κ2) is 7.75. The van der Waals surface area contributed by atoms with Crippen molar-refractivity contribution in [2.24, 2.45) is 0 Å². The molecule has 3 aromatic rings. The van der Waals surface area contributed by atoms with Gasteiger partial charge in [0.1, 0.15) is 16.4 Å². The Morgan fingerprint density at radius 3 is 2.90 bits per heavy atom. The molecule has 2 N–H and O–H groups in total. The van der Waals surface area contributed by atoms with Crippen molar-refractivity contribution >= 4 is 55.9 Å². The molecular weight excluding hydrogens is 408 g/mol. The van der Waals surface area contributed by atoms with E-state index in [2.05, 4.69) is 20.0 Å². The van der Waals surface area contributed by atoms with Gasteiger partial charge >= 0.3 is 6.09 Å². The van der Waals surface area contributed by atoms with Crippen molar-refractivity contribution in [2.45, 2.75) is 45.8 Å². The second-order valence-corrected chi connectivity index (χ2v) is 9.77. The molecule has 4 heterocycles. The third-order valence-corrected chi connectivity index (χ3v) is 6.05. The Hall–Kier alpha value is -2.46. The Bertz CT molecular complexity index is 1030. The molecule has 0 bridgehead atoms. The maximum absolute atomic E-state index is 12.3. The van der Waals surface area contributed by atoms with Gasteiger partial charge in [0.15, 0.2) is 0 Å². The number of amides is 1. The first-order chi connectivity index (χ1) is 13.8. The predicted molar refractivity (Wildman–Crippen MR) is 117 cm³/mol. The number of thiophene rings is 1. The van der Waals surface area contributed by atoms with Gasteiger partial charge in [0.25, 0.3) is 0 Å². The van der Waals surface area contributed by atoms with Gasteiger partial charge in [-0.1, -0.05) is 0 Å². The zero-order chi connectivity index (χ0) is 20.6. The molecule has 154 valence electrons. The third-order valence-electron chi connectivity index (χ3n) is 4.35. The smallest absolute Gasteiger partial charge is 0.410 e. The fourth-order valence-electron chi connectivity index (χ4n) is 3.11. The van der Waals surface area contributed by atoms with Gasteiger partial charge < -0.3 is 20.3 Å². The average molecular weight is 433 g/mol. The van der Waals surface area contributed by atoms with Crippen molar-refractivity contribution in [3.63, 3.8) is 0 Å². The van der Waals surface area contributed by atoms with Crippen molar-refractivity contribution in [2.75, 3.05) is 23.7 Å². The van der Waals surface area contributed by atoms with Crippen LogP contribution in [0.5, 0.6) is 0 Å². The Kier molecular flexibility index (Phi) is 5.30. The van der Waals surface area contributed by atoms with E-state index in [0.717, 1.165) is 33.2 Å². The summed E-state index contributed by atoms with van der Waals surface area (Å²) in [5, 5.41) is 9.65. The molecular formula is C19H24N6O2S2. The highest BCUT2D eigenvalue weighted by Gasteiger charge is 2.30. The van der Waals surface area contributed by atoms with Crippen LogP contribution in [-0.4, -0.2) is 50.1 Å². The zero-order valence-corrected chi connectivity index (χ0v) is 18.5. The lowest BCUT2D eigenvalue weighted by Crippen LogP contribution is -2.36. The van der Waals surface area contributed by atoms with Crippen LogP contribution >= 0.6 is 22.9 Å². The first-order valence-corrected chi connectivity index (χ1v) is 11.1. The molecule has 0 radical (unpaired) electrons. The van der Waals surface area contributed by atoms with Crippen LogP contribution in [0, 0.1) is 6.92 Å². The number of carbonyl (C=O) groups excluding carboxylic acids is 1. The van der Waals surface area contributed by atoms with Crippen molar-refractivity contribution in [3.8, 4) is 0 Å². The molecule has 8 nitrogen and oxygen atoms in total. The number of aryl methyl sites for hydroxylation is 1. The molecule has 0 aromatic carbocycles. The molecule has 1 aliphatic heterocycles. The summed E-state index contributed by atoms with van der Waals surface area (Å²) in [6.45, 7) is 8.84. The second-order valence-electron chi connectivity index (χ2n) is 8.04. The number of hydrogen-bond acceptors (Lipinski definition) is 9. The van der Waals surface area contributed by atoms with Gasteiger partial charge in [0.05, 0.1) is 15.9 Å². The largest absolute Gasteiger partial charge is 0.444 e. The molecule has 1 atom stereocenters. The van der Waals surface area contributed by atoms with E-state index in [1.54, 1.807) is 16.2 Å². The Morgan fingerprint density at radius 2 is 2.17 bits per heavy atom. The lowest BCUT2D eigenvalue weighted by molar-refractivity contribution is 0.0293. The number of carbonyl (C=O) groups is 1. The molecule has 0 aliphatic carbocycles. The van der Waals surface area contributed by atoms with Crippen LogP contribution < -0.4 is 10.6 Å². The van der Waals surface area contributed by atoms with Gasteiger partial charge in [-0.15, -0.1) is 11.3 Å². The predicted octanol–water partition coefficient (Wildman–Crippen LogP) is 4.62. The molecule has 1 aliphatic rings. The van der Waals surface area contributed by atoms with E-state index in [4.69, 9.17) is 9.72 Å². The van der Waals surface area contributed by atoms with E-state index in [1.807, 2.05) is 45.2 Å². The Labute approximate surface area is 177 Å². The molecule has 1 amide bonds. The third kappa shape index (κ3) is 4.76. The molecule has 4 rings (SSSR count). The summed E-state index contributed by atoms with van der Waals surface area (Å²) in [7, 11) is 0. The SMILES string of the molecule is Cc1cc(Nc2nc(N[C@@H]3CCN(C(=O)OC(C)(C)C)C3)c3sccc3n2)sn1. The maximum atomic E-state index is 12.3. The van der Waals surface area contributed by atoms with Crippen LogP contribution in [0.25, 0.3) is 10.2 Å². The van der Waals surface area contributed by atoms with Crippen LogP contribution in [-0.2, 0) is 4.74 Å². The number of anilines is 3. The molecule has 1 fully saturated rings. The van der Waals surface area contributed by atoms with Gasteiger partial charge in [-0.3, -0.25) is 0 Å². The lowest BCUT2D eigenvalue weighted by atomic mass is 10.2. The summed E-state index contributed by atoms with van der Waals surface area (Å²) in [5.74, 6) is 1.31. The van der Waals surface area contributed by atoms with Gasteiger partial charge in [0.2, 0.25) is 5.95 Å². The zero-order valence-electron chi connectivity index (χ0n) is 16.9. The topological polar surface area (TPSA) is 92.3 Å². The van der Waals surface area contributed by atoms with Crippen molar-refractivity contribution in [1.82, 2.24) is 19.2 Å². The summed E-state index contributed by atoms with van der Waals surface area (Å²) in [6.07, 6.45) is 0.570. The van der Waals surface area contributed by atoms with Gasteiger partial charge in [0, 0.05) is 19.1 Å². The van der Waals surface area contributed by atoms with Crippen LogP contribution in [0.4, 0.5) is 21.6 Å². The van der Waals surface area contributed by atoms with E-state index >= 15 is 0 Å². The van der Waals surface area contributed by atoms with E-state index in [-0.39, 0.29) is 12.1 Å².